The molecule has 1 aromatic rings. The molecule has 1 N–H and O–H groups in total. The Labute approximate surface area is 72.4 Å². The van der Waals surface area contributed by atoms with E-state index in [-0.39, 0.29) is 12.3 Å². The highest BCUT2D eigenvalue weighted by Crippen LogP contribution is 2.07. The summed E-state index contributed by atoms with van der Waals surface area (Å²) in [6, 6.07) is 7.27. The molecule has 0 aliphatic carbocycles. The van der Waals surface area contributed by atoms with Gasteiger partial charge in [0.1, 0.15) is 0 Å². The molecule has 0 atom stereocenters. The van der Waals surface area contributed by atoms with Gasteiger partial charge in [-0.15, -0.1) is 0 Å². The van der Waals surface area contributed by atoms with Gasteiger partial charge in [0, 0.05) is 18.5 Å². The Balaban J connectivity index is 2.93. The lowest BCUT2D eigenvalue weighted by Crippen LogP contribution is -1.97. The van der Waals surface area contributed by atoms with Crippen LogP contribution in [0.3, 0.4) is 0 Å². The zero-order valence-electron chi connectivity index (χ0n) is 7.13. The van der Waals surface area contributed by atoms with Crippen molar-refractivity contribution in [3.05, 3.63) is 35.4 Å². The average molecular weight is 162 g/mol. The summed E-state index contributed by atoms with van der Waals surface area (Å²) < 4.78 is 0. The summed E-state index contributed by atoms with van der Waals surface area (Å²) in [6.45, 7) is 2.08. The molecule has 12 heavy (non-hydrogen) atoms. The highest BCUT2D eigenvalue weighted by Gasteiger charge is 2.01. The second kappa shape index (κ2) is 4.02. The van der Waals surface area contributed by atoms with Crippen LogP contribution in [0.5, 0.6) is 0 Å². The van der Waals surface area contributed by atoms with Gasteiger partial charge >= 0.3 is 0 Å². The zero-order valence-corrected chi connectivity index (χ0v) is 7.13. The van der Waals surface area contributed by atoms with E-state index in [1.165, 1.54) is 0 Å². The molecule has 2 heteroatoms. The van der Waals surface area contributed by atoms with Crippen molar-refractivity contribution < 1.29 is 4.79 Å². The van der Waals surface area contributed by atoms with Crippen molar-refractivity contribution in [3.8, 4) is 0 Å². The number of nitrogens with one attached hydrogen (secondary N) is 1. The summed E-state index contributed by atoms with van der Waals surface area (Å²) in [6.07, 6.45) is 0.529. The van der Waals surface area contributed by atoms with Crippen LogP contribution in [0.4, 0.5) is 0 Å². The van der Waals surface area contributed by atoms with Crippen molar-refractivity contribution in [1.29, 1.82) is 0 Å². The maximum Gasteiger partial charge on any atom is 0.162 e. The molecule has 0 saturated heterocycles. The lowest BCUT2D eigenvalue weighted by Gasteiger charge is -1.99. The highest BCUT2D eigenvalue weighted by molar-refractivity contribution is 5.95. The number of Topliss-reactive ketones (excluding diaryl/α,β-unsaturated/α-hetero) is 1. The fourth-order valence-electron chi connectivity index (χ4n) is 1.06. The van der Waals surface area contributed by atoms with E-state index in [1.54, 1.807) is 12.1 Å². The van der Waals surface area contributed by atoms with Gasteiger partial charge in [0.2, 0.25) is 0 Å². The molecule has 0 unspecified atom stereocenters. The van der Waals surface area contributed by atoms with Crippen LogP contribution in [-0.4, -0.2) is 5.78 Å². The monoisotopic (exact) mass is 162 g/mol. The SMILES string of the molecule is CCC(=O)c1cccc(C[NH])c1. The molecule has 1 radical (unpaired) electrons. The number of hydrogen-bond donors (Lipinski definition) is 0. The molecule has 0 saturated carbocycles. The Morgan fingerprint density at radius 2 is 2.25 bits per heavy atom. The van der Waals surface area contributed by atoms with Crippen LogP contribution in [0.15, 0.2) is 24.3 Å². The molecule has 0 heterocycles. The third kappa shape index (κ3) is 1.92. The van der Waals surface area contributed by atoms with Crippen LogP contribution in [0.25, 0.3) is 0 Å². The maximum absolute atomic E-state index is 11.2. The minimum absolute atomic E-state index is 0.144. The maximum atomic E-state index is 11.2. The molecular weight excluding hydrogens is 150 g/mol. The van der Waals surface area contributed by atoms with Crippen molar-refractivity contribution >= 4 is 5.78 Å². The van der Waals surface area contributed by atoms with E-state index in [2.05, 4.69) is 0 Å². The van der Waals surface area contributed by atoms with Crippen LogP contribution < -0.4 is 5.73 Å². The van der Waals surface area contributed by atoms with Crippen molar-refractivity contribution in [1.82, 2.24) is 5.73 Å². The Kier molecular flexibility index (Phi) is 3.00. The van der Waals surface area contributed by atoms with E-state index >= 15 is 0 Å². The van der Waals surface area contributed by atoms with Gasteiger partial charge in [-0.05, 0) is 11.6 Å². The third-order valence-corrected chi connectivity index (χ3v) is 1.77. The Hall–Kier alpha value is -1.15. The van der Waals surface area contributed by atoms with Gasteiger partial charge in [-0.3, -0.25) is 10.5 Å². The van der Waals surface area contributed by atoms with E-state index in [4.69, 9.17) is 5.73 Å². The molecule has 0 aliphatic rings. The lowest BCUT2D eigenvalue weighted by molar-refractivity contribution is 0.0988. The molecule has 0 aromatic heterocycles. The third-order valence-electron chi connectivity index (χ3n) is 1.77. The summed E-state index contributed by atoms with van der Waals surface area (Å²) in [7, 11) is 0. The second-order valence-electron chi connectivity index (χ2n) is 2.65. The summed E-state index contributed by atoms with van der Waals surface area (Å²) in [4.78, 5) is 11.2. The first-order valence-electron chi connectivity index (χ1n) is 4.04. The molecule has 0 fully saturated rings. The van der Waals surface area contributed by atoms with Crippen molar-refractivity contribution in [2.45, 2.75) is 19.9 Å². The van der Waals surface area contributed by atoms with Crippen molar-refractivity contribution in [2.24, 2.45) is 0 Å². The van der Waals surface area contributed by atoms with Gasteiger partial charge in [0.25, 0.3) is 0 Å². The minimum atomic E-state index is 0.144. The Morgan fingerprint density at radius 1 is 1.50 bits per heavy atom. The minimum Gasteiger partial charge on any atom is -0.294 e. The number of ketones is 1. The summed E-state index contributed by atoms with van der Waals surface area (Å²) in [5.41, 5.74) is 8.75. The van der Waals surface area contributed by atoms with Crippen molar-refractivity contribution in [2.75, 3.05) is 0 Å². The summed E-state index contributed by atoms with van der Waals surface area (Å²) in [5.74, 6) is 0.144. The molecule has 0 spiro atoms. The number of benzene rings is 1. The van der Waals surface area contributed by atoms with Gasteiger partial charge in [0.05, 0.1) is 0 Å². The molecule has 0 aliphatic heterocycles. The topological polar surface area (TPSA) is 40.9 Å². The van der Waals surface area contributed by atoms with Crippen LogP contribution in [-0.2, 0) is 6.54 Å². The highest BCUT2D eigenvalue weighted by atomic mass is 16.1. The number of hydrogen-bond acceptors (Lipinski definition) is 1. The van der Waals surface area contributed by atoms with Gasteiger partial charge in [0.15, 0.2) is 5.78 Å². The van der Waals surface area contributed by atoms with Gasteiger partial charge in [-0.1, -0.05) is 25.1 Å². The summed E-state index contributed by atoms with van der Waals surface area (Å²) >= 11 is 0. The molecule has 1 rings (SSSR count). The average Bonchev–Trinajstić information content (AvgIpc) is 2.17. The molecule has 0 amide bonds. The number of rotatable bonds is 3. The normalized spacial score (nSPS) is 9.83. The van der Waals surface area contributed by atoms with Crippen LogP contribution in [0.1, 0.15) is 29.3 Å². The zero-order chi connectivity index (χ0) is 8.97. The first kappa shape index (κ1) is 8.94. The number of carbonyl (C=O) groups is 1. The first-order chi connectivity index (χ1) is 5.77. The van der Waals surface area contributed by atoms with E-state index in [0.717, 1.165) is 11.1 Å². The van der Waals surface area contributed by atoms with E-state index in [1.807, 2.05) is 19.1 Å². The lowest BCUT2D eigenvalue weighted by atomic mass is 10.1. The van der Waals surface area contributed by atoms with Crippen LogP contribution in [0.2, 0.25) is 0 Å². The van der Waals surface area contributed by atoms with Gasteiger partial charge < -0.3 is 0 Å². The second-order valence-corrected chi connectivity index (χ2v) is 2.65. The van der Waals surface area contributed by atoms with Crippen LogP contribution >= 0.6 is 0 Å². The first-order valence-corrected chi connectivity index (χ1v) is 4.04. The fraction of sp³-hybridized carbons (Fsp3) is 0.300. The predicted octanol–water partition coefficient (Wildman–Crippen LogP) is 2.06. The van der Waals surface area contributed by atoms with Crippen LogP contribution in [0, 0.1) is 0 Å². The van der Waals surface area contributed by atoms with Crippen molar-refractivity contribution in [3.63, 3.8) is 0 Å². The molecular formula is C10H12NO. The molecule has 63 valence electrons. The standard InChI is InChI=1S/C10H12NO/c1-2-10(12)9-5-3-4-8(6-9)7-11/h3-6,11H,2,7H2,1H3. The molecule has 2 nitrogen and oxygen atoms in total. The smallest absolute Gasteiger partial charge is 0.162 e. The molecule has 1 aromatic carbocycles. The molecule has 0 bridgehead atoms. The van der Waals surface area contributed by atoms with Gasteiger partial charge in [-0.25, -0.2) is 0 Å². The fourth-order valence-corrected chi connectivity index (χ4v) is 1.06. The van der Waals surface area contributed by atoms with E-state index < -0.39 is 0 Å². The Bertz CT molecular complexity index is 281. The Morgan fingerprint density at radius 3 is 2.83 bits per heavy atom. The quantitative estimate of drug-likeness (QED) is 0.627. The van der Waals surface area contributed by atoms with E-state index in [0.29, 0.717) is 6.42 Å². The summed E-state index contributed by atoms with van der Waals surface area (Å²) in [5, 5.41) is 0. The van der Waals surface area contributed by atoms with E-state index in [9.17, 15) is 4.79 Å². The van der Waals surface area contributed by atoms with Gasteiger partial charge in [-0.2, -0.15) is 0 Å². The largest absolute Gasteiger partial charge is 0.294 e. The number of carbonyl (C=O) groups excluding carboxylic acids is 1. The predicted molar refractivity (Wildman–Crippen MR) is 47.9 cm³/mol.